The van der Waals surface area contributed by atoms with Crippen LogP contribution >= 0.6 is 15.9 Å². The van der Waals surface area contributed by atoms with E-state index in [2.05, 4.69) is 21.0 Å². The van der Waals surface area contributed by atoms with Crippen molar-refractivity contribution in [3.63, 3.8) is 0 Å². The summed E-state index contributed by atoms with van der Waals surface area (Å²) in [4.78, 5) is 26.7. The maximum absolute atomic E-state index is 12.1. The number of Topliss-reactive ketones (excluding diaryl/α,β-unsaturated/α-hetero) is 1. The van der Waals surface area contributed by atoms with E-state index in [4.69, 9.17) is 5.73 Å². The zero-order chi connectivity index (χ0) is 22.2. The molecule has 1 fully saturated rings. The van der Waals surface area contributed by atoms with Gasteiger partial charge in [0.1, 0.15) is 0 Å². The second-order valence-corrected chi connectivity index (χ2v) is 7.81. The molecular weight excluding hydrogens is 458 g/mol. The number of anilines is 1. The minimum atomic E-state index is -0.0288. The minimum absolute atomic E-state index is 0.0288. The lowest BCUT2D eigenvalue weighted by Crippen LogP contribution is -2.35. The second-order valence-electron chi connectivity index (χ2n) is 7.25. The number of benzene rings is 2. The Balaban J connectivity index is 0.000000229. The number of nitrogens with zero attached hydrogens (tertiary/aromatic N) is 4. The molecule has 3 aromatic rings. The van der Waals surface area contributed by atoms with E-state index in [-0.39, 0.29) is 17.9 Å². The Kier molecular flexibility index (Phi) is 7.83. The Hall–Kier alpha value is -3.13. The molecule has 1 aromatic heterocycles. The van der Waals surface area contributed by atoms with Crippen LogP contribution in [-0.2, 0) is 0 Å². The third-order valence-electron chi connectivity index (χ3n) is 5.04. The van der Waals surface area contributed by atoms with E-state index in [1.807, 2.05) is 83.5 Å². The van der Waals surface area contributed by atoms with E-state index in [9.17, 15) is 9.59 Å². The molecule has 2 aromatic carbocycles. The fourth-order valence-electron chi connectivity index (χ4n) is 3.32. The molecule has 2 amide bonds. The summed E-state index contributed by atoms with van der Waals surface area (Å²) < 4.78 is 1.83. The summed E-state index contributed by atoms with van der Waals surface area (Å²) >= 11 is 3.10. The molecule has 2 heterocycles. The average molecular weight is 484 g/mol. The van der Waals surface area contributed by atoms with Crippen molar-refractivity contribution in [3.05, 3.63) is 84.2 Å². The van der Waals surface area contributed by atoms with Crippen LogP contribution in [0.25, 0.3) is 0 Å². The number of aromatic nitrogens is 2. The first-order chi connectivity index (χ1) is 15.0. The van der Waals surface area contributed by atoms with Crippen molar-refractivity contribution in [3.8, 4) is 0 Å². The van der Waals surface area contributed by atoms with Crippen molar-refractivity contribution in [1.29, 1.82) is 0 Å². The number of hydrogen-bond acceptors (Lipinski definition) is 4. The lowest BCUT2D eigenvalue weighted by atomic mass is 10.1. The number of likely N-dealkylation sites (N-methyl/N-ethyl adjacent to an activating group) is 1. The molecule has 7 nitrogen and oxygen atoms in total. The van der Waals surface area contributed by atoms with E-state index in [0.29, 0.717) is 17.6 Å². The lowest BCUT2D eigenvalue weighted by Gasteiger charge is -2.24. The van der Waals surface area contributed by atoms with E-state index in [1.165, 1.54) is 0 Å². The standard InChI is InChI=1S/C15H19N5O.C8H7BrO/c1-18-7-8-19(15(18)21)11-14(12-5-3-2-4-6-12)20-10-13(16)9-17-20;9-6-8(10)7-4-2-1-3-5-7/h2-6,9-10,14H,7-8,11,16H2,1H3;1-5H,6H2. The maximum atomic E-state index is 12.1. The summed E-state index contributed by atoms with van der Waals surface area (Å²) in [5.41, 5.74) is 8.28. The fraction of sp³-hybridized carbons (Fsp3) is 0.261. The van der Waals surface area contributed by atoms with Crippen molar-refractivity contribution < 1.29 is 9.59 Å². The summed E-state index contributed by atoms with van der Waals surface area (Å²) in [6.45, 7) is 2.10. The Morgan fingerprint density at radius 2 is 1.74 bits per heavy atom. The molecule has 1 atom stereocenters. The highest BCUT2D eigenvalue weighted by Crippen LogP contribution is 2.22. The van der Waals surface area contributed by atoms with Gasteiger partial charge in [-0.05, 0) is 5.56 Å². The minimum Gasteiger partial charge on any atom is -0.396 e. The Morgan fingerprint density at radius 3 is 2.26 bits per heavy atom. The second kappa shape index (κ2) is 10.8. The smallest absolute Gasteiger partial charge is 0.319 e. The van der Waals surface area contributed by atoms with Crippen molar-refractivity contribution in [2.75, 3.05) is 37.7 Å². The van der Waals surface area contributed by atoms with Crippen molar-refractivity contribution in [2.24, 2.45) is 0 Å². The molecule has 1 saturated heterocycles. The molecule has 1 aliphatic rings. The van der Waals surface area contributed by atoms with Crippen LogP contribution in [0.4, 0.5) is 10.5 Å². The zero-order valence-electron chi connectivity index (χ0n) is 17.4. The van der Waals surface area contributed by atoms with Gasteiger partial charge in [0.05, 0.1) is 23.3 Å². The number of nitrogens with two attached hydrogens (primary N) is 1. The predicted molar refractivity (Wildman–Crippen MR) is 125 cm³/mol. The van der Waals surface area contributed by atoms with E-state index in [0.717, 1.165) is 24.2 Å². The van der Waals surface area contributed by atoms with Crippen molar-refractivity contribution in [1.82, 2.24) is 19.6 Å². The van der Waals surface area contributed by atoms with Gasteiger partial charge in [0, 0.05) is 38.4 Å². The summed E-state index contributed by atoms with van der Waals surface area (Å²) in [5.74, 6) is 0.126. The van der Waals surface area contributed by atoms with Crippen molar-refractivity contribution in [2.45, 2.75) is 6.04 Å². The number of amides is 2. The van der Waals surface area contributed by atoms with Gasteiger partial charge in [0.2, 0.25) is 0 Å². The molecule has 162 valence electrons. The number of alkyl halides is 1. The summed E-state index contributed by atoms with van der Waals surface area (Å²) in [6, 6.07) is 19.3. The van der Waals surface area contributed by atoms with Gasteiger partial charge in [0.25, 0.3) is 0 Å². The largest absolute Gasteiger partial charge is 0.396 e. The van der Waals surface area contributed by atoms with Crippen LogP contribution in [-0.4, -0.2) is 63.4 Å². The van der Waals surface area contributed by atoms with Gasteiger partial charge >= 0.3 is 6.03 Å². The molecule has 0 bridgehead atoms. The molecule has 0 saturated carbocycles. The van der Waals surface area contributed by atoms with Crippen LogP contribution < -0.4 is 5.73 Å². The molecule has 4 rings (SSSR count). The Labute approximate surface area is 190 Å². The number of rotatable bonds is 6. The van der Waals surface area contributed by atoms with E-state index < -0.39 is 0 Å². The molecule has 31 heavy (non-hydrogen) atoms. The van der Waals surface area contributed by atoms with E-state index in [1.54, 1.807) is 11.1 Å². The highest BCUT2D eigenvalue weighted by Gasteiger charge is 2.29. The van der Waals surface area contributed by atoms with Crippen LogP contribution in [0.3, 0.4) is 0 Å². The van der Waals surface area contributed by atoms with Crippen LogP contribution in [0.15, 0.2) is 73.1 Å². The van der Waals surface area contributed by atoms with Gasteiger partial charge in [-0.15, -0.1) is 0 Å². The number of ketones is 1. The molecule has 0 aliphatic carbocycles. The quantitative estimate of drug-likeness (QED) is 0.427. The van der Waals surface area contributed by atoms with Gasteiger partial charge < -0.3 is 15.5 Å². The maximum Gasteiger partial charge on any atom is 0.319 e. The SMILES string of the molecule is CN1CCN(CC(c2ccccc2)n2cc(N)cn2)C1=O.O=C(CBr)c1ccccc1. The van der Waals surface area contributed by atoms with Crippen molar-refractivity contribution >= 4 is 33.4 Å². The third kappa shape index (κ3) is 5.95. The van der Waals surface area contributed by atoms with Gasteiger partial charge in [-0.3, -0.25) is 9.48 Å². The molecule has 1 unspecified atom stereocenters. The van der Waals surface area contributed by atoms with Crippen LogP contribution in [0.2, 0.25) is 0 Å². The molecule has 8 heteroatoms. The lowest BCUT2D eigenvalue weighted by molar-refractivity contribution is 0.102. The Bertz CT molecular complexity index is 993. The normalized spacial score (nSPS) is 14.2. The van der Waals surface area contributed by atoms with Gasteiger partial charge in [-0.1, -0.05) is 76.6 Å². The first kappa shape index (κ1) is 22.6. The number of halogens is 1. The predicted octanol–water partition coefficient (Wildman–Crippen LogP) is 3.69. The molecule has 1 aliphatic heterocycles. The van der Waals surface area contributed by atoms with Gasteiger partial charge in [-0.25, -0.2) is 4.79 Å². The summed E-state index contributed by atoms with van der Waals surface area (Å²) in [5, 5.41) is 4.72. The number of carbonyl (C=O) groups excluding carboxylic acids is 2. The molecule has 0 radical (unpaired) electrons. The molecule has 2 N–H and O–H groups in total. The Morgan fingerprint density at radius 1 is 1.10 bits per heavy atom. The summed E-state index contributed by atoms with van der Waals surface area (Å²) in [7, 11) is 1.83. The van der Waals surface area contributed by atoms with Gasteiger partial charge in [-0.2, -0.15) is 5.10 Å². The third-order valence-corrected chi connectivity index (χ3v) is 5.55. The zero-order valence-corrected chi connectivity index (χ0v) is 19.0. The van der Waals surface area contributed by atoms with E-state index >= 15 is 0 Å². The summed E-state index contributed by atoms with van der Waals surface area (Å²) in [6.07, 6.45) is 3.44. The van der Waals surface area contributed by atoms with Crippen LogP contribution in [0, 0.1) is 0 Å². The first-order valence-electron chi connectivity index (χ1n) is 9.98. The number of carbonyl (C=O) groups is 2. The number of hydrogen-bond donors (Lipinski definition) is 1. The molecule has 0 spiro atoms. The molecular formula is C23H26BrN5O2. The number of urea groups is 1. The van der Waals surface area contributed by atoms with Crippen LogP contribution in [0.5, 0.6) is 0 Å². The average Bonchev–Trinajstić information content (AvgIpc) is 3.38. The van der Waals surface area contributed by atoms with Gasteiger partial charge in [0.15, 0.2) is 5.78 Å². The topological polar surface area (TPSA) is 84.5 Å². The highest BCUT2D eigenvalue weighted by molar-refractivity contribution is 9.09. The number of nitrogen functional groups attached to an aromatic ring is 1. The van der Waals surface area contributed by atoms with Crippen LogP contribution in [0.1, 0.15) is 22.0 Å². The highest BCUT2D eigenvalue weighted by atomic mass is 79.9. The fourth-order valence-corrected chi connectivity index (χ4v) is 3.65. The first-order valence-corrected chi connectivity index (χ1v) is 11.1. The monoisotopic (exact) mass is 483 g/mol.